The number of hydrogen-bond donors (Lipinski definition) is 0. The van der Waals surface area contributed by atoms with Crippen molar-refractivity contribution in [1.29, 1.82) is 0 Å². The summed E-state index contributed by atoms with van der Waals surface area (Å²) in [5, 5.41) is 4.88. The highest BCUT2D eigenvalue weighted by Gasteiger charge is 2.32. The van der Waals surface area contributed by atoms with E-state index < -0.39 is 0 Å². The van der Waals surface area contributed by atoms with Crippen molar-refractivity contribution in [2.24, 2.45) is 0 Å². The van der Waals surface area contributed by atoms with Crippen molar-refractivity contribution in [1.82, 2.24) is 14.7 Å². The molecule has 0 radical (unpaired) electrons. The summed E-state index contributed by atoms with van der Waals surface area (Å²) >= 11 is 6.90. The van der Waals surface area contributed by atoms with Crippen molar-refractivity contribution in [3.63, 3.8) is 0 Å². The molecular weight excluding hydrogens is 558 g/mol. The van der Waals surface area contributed by atoms with Crippen molar-refractivity contribution < 1.29 is 23.7 Å². The summed E-state index contributed by atoms with van der Waals surface area (Å²) in [6.45, 7) is 0.448. The molecule has 1 aliphatic rings. The molecule has 0 saturated carbocycles. The maximum absolute atomic E-state index is 13.5. The average molecular weight is 588 g/mol. The number of nitrogens with zero attached hydrogens (tertiary/aromatic N) is 3. The van der Waals surface area contributed by atoms with E-state index in [1.807, 2.05) is 79.0 Å². The molecular formula is C31H29N3O5S2. The van der Waals surface area contributed by atoms with Gasteiger partial charge in [-0.1, -0.05) is 48.2 Å². The van der Waals surface area contributed by atoms with Crippen LogP contribution in [0.3, 0.4) is 0 Å². The Morgan fingerprint density at radius 2 is 1.51 bits per heavy atom. The van der Waals surface area contributed by atoms with Crippen LogP contribution in [-0.4, -0.2) is 59.9 Å². The lowest BCUT2D eigenvalue weighted by atomic mass is 10.1. The molecule has 3 aromatic carbocycles. The van der Waals surface area contributed by atoms with Gasteiger partial charge < -0.3 is 18.9 Å². The lowest BCUT2D eigenvalue weighted by Gasteiger charge is -2.15. The number of carbonyl (C=O) groups is 1. The van der Waals surface area contributed by atoms with Crippen molar-refractivity contribution in [2.75, 3.05) is 35.0 Å². The first-order chi connectivity index (χ1) is 19.9. The molecule has 1 aliphatic heterocycles. The number of ether oxygens (including phenoxy) is 4. The van der Waals surface area contributed by atoms with E-state index in [1.54, 1.807) is 38.0 Å². The topological polar surface area (TPSA) is 75.1 Å². The van der Waals surface area contributed by atoms with Crippen molar-refractivity contribution in [3.05, 3.63) is 89.0 Å². The minimum absolute atomic E-state index is 0.133. The highest BCUT2D eigenvalue weighted by atomic mass is 32.2. The Morgan fingerprint density at radius 3 is 2.20 bits per heavy atom. The number of carbonyl (C=O) groups excluding carboxylic acids is 1. The summed E-state index contributed by atoms with van der Waals surface area (Å²) in [5.74, 6) is 2.38. The third-order valence-electron chi connectivity index (χ3n) is 6.65. The van der Waals surface area contributed by atoms with Gasteiger partial charge in [0.2, 0.25) is 0 Å². The Bertz CT molecular complexity index is 1620. The second-order valence-electron chi connectivity index (χ2n) is 9.06. The van der Waals surface area contributed by atoms with Crippen LogP contribution in [0.4, 0.5) is 0 Å². The highest BCUT2D eigenvalue weighted by molar-refractivity contribution is 8.26. The Hall–Kier alpha value is -4.28. The summed E-state index contributed by atoms with van der Waals surface area (Å²) in [6.07, 6.45) is 4.38. The number of rotatable bonds is 10. The fraction of sp³-hybridized carbons (Fsp3) is 0.194. The monoisotopic (exact) mass is 587 g/mol. The highest BCUT2D eigenvalue weighted by Crippen LogP contribution is 2.37. The minimum atomic E-state index is -0.133. The number of thioether (sulfide) groups is 1. The van der Waals surface area contributed by atoms with Gasteiger partial charge in [0, 0.05) is 23.9 Å². The zero-order valence-corrected chi connectivity index (χ0v) is 24.8. The predicted octanol–water partition coefficient (Wildman–Crippen LogP) is 6.02. The van der Waals surface area contributed by atoms with E-state index in [9.17, 15) is 4.79 Å². The van der Waals surface area contributed by atoms with Crippen molar-refractivity contribution in [2.45, 2.75) is 6.42 Å². The van der Waals surface area contributed by atoms with Crippen molar-refractivity contribution >= 4 is 40.3 Å². The van der Waals surface area contributed by atoms with Crippen LogP contribution in [0, 0.1) is 0 Å². The Kier molecular flexibility index (Phi) is 8.61. The van der Waals surface area contributed by atoms with Gasteiger partial charge in [-0.2, -0.15) is 5.10 Å². The third kappa shape index (κ3) is 5.94. The normalized spacial score (nSPS) is 14.0. The van der Waals surface area contributed by atoms with Crippen molar-refractivity contribution in [3.8, 4) is 39.9 Å². The van der Waals surface area contributed by atoms with Crippen LogP contribution in [-0.2, 0) is 11.2 Å². The van der Waals surface area contributed by atoms with Gasteiger partial charge in [-0.3, -0.25) is 9.69 Å². The van der Waals surface area contributed by atoms with Crippen LogP contribution in [0.1, 0.15) is 11.1 Å². The van der Waals surface area contributed by atoms with Gasteiger partial charge in [0.1, 0.15) is 10.0 Å². The first-order valence-corrected chi connectivity index (χ1v) is 14.0. The average Bonchev–Trinajstić information content (AvgIpc) is 3.55. The smallest absolute Gasteiger partial charge is 0.266 e. The maximum atomic E-state index is 13.5. The molecule has 0 atom stereocenters. The van der Waals surface area contributed by atoms with E-state index in [2.05, 4.69) is 0 Å². The lowest BCUT2D eigenvalue weighted by molar-refractivity contribution is -0.122. The summed E-state index contributed by atoms with van der Waals surface area (Å²) in [5.41, 5.74) is 4.22. The number of para-hydroxylation sites is 1. The van der Waals surface area contributed by atoms with Gasteiger partial charge in [-0.15, -0.1) is 0 Å². The third-order valence-corrected chi connectivity index (χ3v) is 8.03. The summed E-state index contributed by atoms with van der Waals surface area (Å²) in [4.78, 5) is 15.7. The number of amides is 1. The van der Waals surface area contributed by atoms with Gasteiger partial charge in [-0.05, 0) is 60.5 Å². The van der Waals surface area contributed by atoms with Gasteiger partial charge in [0.15, 0.2) is 23.0 Å². The SMILES string of the molecule is COc1ccc(CCN2C(=O)/C(=C/c3cn(-c4ccccc4)nc3-c3ccc(OC)c(OC)c3)SC2=S)cc1OC. The molecule has 1 saturated heterocycles. The summed E-state index contributed by atoms with van der Waals surface area (Å²) in [7, 11) is 6.40. The van der Waals surface area contributed by atoms with Gasteiger partial charge in [0.25, 0.3) is 5.91 Å². The molecule has 0 bridgehead atoms. The fourth-order valence-corrected chi connectivity index (χ4v) is 5.82. The van der Waals surface area contributed by atoms with Crippen LogP contribution in [0.25, 0.3) is 23.0 Å². The second kappa shape index (κ2) is 12.5. The molecule has 2 heterocycles. The molecule has 41 heavy (non-hydrogen) atoms. The summed E-state index contributed by atoms with van der Waals surface area (Å²) in [6, 6.07) is 21.2. The Labute approximate surface area is 248 Å². The largest absolute Gasteiger partial charge is 0.493 e. The van der Waals surface area contributed by atoms with E-state index in [4.69, 9.17) is 36.3 Å². The molecule has 10 heteroatoms. The van der Waals surface area contributed by atoms with Crippen LogP contribution >= 0.6 is 24.0 Å². The van der Waals surface area contributed by atoms with Gasteiger partial charge >= 0.3 is 0 Å². The number of thiocarbonyl (C=S) groups is 1. The van der Waals surface area contributed by atoms with Crippen LogP contribution in [0.15, 0.2) is 77.8 Å². The predicted molar refractivity (Wildman–Crippen MR) is 165 cm³/mol. The molecule has 1 amide bonds. The molecule has 4 aromatic rings. The molecule has 5 rings (SSSR count). The Morgan fingerprint density at radius 1 is 0.854 bits per heavy atom. The summed E-state index contributed by atoms with van der Waals surface area (Å²) < 4.78 is 24.0. The molecule has 1 fully saturated rings. The zero-order valence-electron chi connectivity index (χ0n) is 23.1. The molecule has 0 N–H and O–H groups in total. The first-order valence-electron chi connectivity index (χ1n) is 12.8. The molecule has 1 aromatic heterocycles. The zero-order chi connectivity index (χ0) is 28.9. The van der Waals surface area contributed by atoms with E-state index in [0.29, 0.717) is 50.9 Å². The van der Waals surface area contributed by atoms with E-state index in [-0.39, 0.29) is 5.91 Å². The molecule has 210 valence electrons. The molecule has 0 aliphatic carbocycles. The standard InChI is InChI=1S/C31H29N3O5S2/c1-36-24-12-10-20(16-26(24)38-3)14-15-33-30(35)28(41-31(33)40)18-22-19-34(23-8-6-5-7-9-23)32-29(22)21-11-13-25(37-2)27(17-21)39-4/h5-13,16-19H,14-15H2,1-4H3/b28-18-. The molecule has 0 unspecified atom stereocenters. The quantitative estimate of drug-likeness (QED) is 0.165. The fourth-order valence-electron chi connectivity index (χ4n) is 4.52. The van der Waals surface area contributed by atoms with E-state index in [1.165, 1.54) is 11.8 Å². The number of aromatic nitrogens is 2. The number of hydrogen-bond acceptors (Lipinski definition) is 8. The van der Waals surface area contributed by atoms with Crippen LogP contribution < -0.4 is 18.9 Å². The minimum Gasteiger partial charge on any atom is -0.493 e. The lowest BCUT2D eigenvalue weighted by Crippen LogP contribution is -2.30. The van der Waals surface area contributed by atoms with E-state index in [0.717, 1.165) is 22.4 Å². The van der Waals surface area contributed by atoms with Gasteiger partial charge in [0.05, 0.1) is 39.0 Å². The first kappa shape index (κ1) is 28.3. The number of methoxy groups -OCH3 is 4. The molecule has 0 spiro atoms. The van der Waals surface area contributed by atoms with E-state index >= 15 is 0 Å². The molecule has 8 nitrogen and oxygen atoms in total. The van der Waals surface area contributed by atoms with Gasteiger partial charge in [-0.25, -0.2) is 4.68 Å². The maximum Gasteiger partial charge on any atom is 0.266 e. The second-order valence-corrected chi connectivity index (χ2v) is 10.7. The van der Waals surface area contributed by atoms with Crippen LogP contribution in [0.5, 0.6) is 23.0 Å². The Balaban J connectivity index is 1.45. The van der Waals surface area contributed by atoms with Crippen LogP contribution in [0.2, 0.25) is 0 Å². The number of benzene rings is 3.